The largest absolute Gasteiger partial charge is 0.450 e. The number of carbonyl (C=O) groups is 1. The van der Waals surface area contributed by atoms with E-state index in [9.17, 15) is 32.9 Å². The van der Waals surface area contributed by atoms with Gasteiger partial charge in [-0.15, -0.1) is 0 Å². The minimum Gasteiger partial charge on any atom is -0.450 e. The molecule has 35 heavy (non-hydrogen) atoms. The van der Waals surface area contributed by atoms with Gasteiger partial charge in [-0.3, -0.25) is 14.9 Å². The zero-order valence-corrected chi connectivity index (χ0v) is 18.4. The Hall–Kier alpha value is -4.18. The third-order valence-electron chi connectivity index (χ3n) is 5.09. The van der Waals surface area contributed by atoms with Crippen molar-refractivity contribution in [3.05, 3.63) is 103 Å². The first-order chi connectivity index (χ1) is 16.5. The molecule has 3 aromatic carbocycles. The van der Waals surface area contributed by atoms with Crippen molar-refractivity contribution < 1.29 is 32.0 Å². The van der Waals surface area contributed by atoms with Gasteiger partial charge in [0, 0.05) is 22.7 Å². The topological polar surface area (TPSA) is 99.7 Å². The molecule has 178 valence electrons. The molecule has 0 fully saturated rings. The fourth-order valence-electron chi connectivity index (χ4n) is 3.47. The summed E-state index contributed by atoms with van der Waals surface area (Å²) in [6, 6.07) is 12.2. The third kappa shape index (κ3) is 4.73. The Morgan fingerprint density at radius 1 is 1.06 bits per heavy atom. The first kappa shape index (κ1) is 24.0. The summed E-state index contributed by atoms with van der Waals surface area (Å²) in [5, 5.41) is 11.1. The van der Waals surface area contributed by atoms with Gasteiger partial charge in [0.15, 0.2) is 0 Å². The van der Waals surface area contributed by atoms with Crippen LogP contribution >= 0.6 is 11.6 Å². The number of benzene rings is 3. The molecule has 0 radical (unpaired) electrons. The highest BCUT2D eigenvalue weighted by Gasteiger charge is 2.39. The molecule has 11 heteroatoms. The van der Waals surface area contributed by atoms with E-state index in [1.165, 1.54) is 55.5 Å². The molecule has 7 nitrogen and oxygen atoms in total. The second kappa shape index (κ2) is 8.88. The molecule has 0 unspecified atom stereocenters. The highest BCUT2D eigenvalue weighted by atomic mass is 35.5. The first-order valence-corrected chi connectivity index (χ1v) is 10.2. The van der Waals surface area contributed by atoms with Gasteiger partial charge in [0.2, 0.25) is 11.2 Å². The fourth-order valence-corrected chi connectivity index (χ4v) is 3.59. The fraction of sp³-hybridized carbons (Fsp3) is 0.0833. The average molecular weight is 504 g/mol. The Labute approximate surface area is 199 Å². The minimum atomic E-state index is -4.99. The molecule has 0 spiro atoms. The SMILES string of the molecule is Cc1cc(C(=O)Oc2ccc3c(=O)c(-c4ccc(Cl)cc4)c(C(F)(F)F)oc3c2)ccc1[N+](=O)[O-]. The zero-order chi connectivity index (χ0) is 25.5. The molecule has 4 aromatic rings. The van der Waals surface area contributed by atoms with Gasteiger partial charge in [-0.25, -0.2) is 4.79 Å². The van der Waals surface area contributed by atoms with Crippen molar-refractivity contribution in [2.75, 3.05) is 0 Å². The summed E-state index contributed by atoms with van der Waals surface area (Å²) < 4.78 is 51.6. The number of nitrogens with zero attached hydrogens (tertiary/aromatic N) is 1. The van der Waals surface area contributed by atoms with Crippen molar-refractivity contribution in [2.24, 2.45) is 0 Å². The number of hydrogen-bond donors (Lipinski definition) is 0. The normalized spacial score (nSPS) is 11.5. The van der Waals surface area contributed by atoms with Crippen molar-refractivity contribution in [3.63, 3.8) is 0 Å². The van der Waals surface area contributed by atoms with Gasteiger partial charge >= 0.3 is 12.1 Å². The summed E-state index contributed by atoms with van der Waals surface area (Å²) in [6.45, 7) is 1.44. The molecule has 0 saturated carbocycles. The van der Waals surface area contributed by atoms with Gasteiger partial charge < -0.3 is 9.15 Å². The first-order valence-electron chi connectivity index (χ1n) is 9.87. The molecule has 4 rings (SSSR count). The molecule has 0 aliphatic heterocycles. The van der Waals surface area contributed by atoms with Crippen molar-refractivity contribution in [1.82, 2.24) is 0 Å². The molecule has 1 heterocycles. The lowest BCUT2D eigenvalue weighted by Gasteiger charge is -2.13. The van der Waals surface area contributed by atoms with Crippen LogP contribution in [0.3, 0.4) is 0 Å². The predicted molar refractivity (Wildman–Crippen MR) is 121 cm³/mol. The molecule has 0 bridgehead atoms. The molecule has 1 aromatic heterocycles. The van der Waals surface area contributed by atoms with Crippen molar-refractivity contribution >= 4 is 34.2 Å². The van der Waals surface area contributed by atoms with Gasteiger partial charge in [-0.2, -0.15) is 13.2 Å². The van der Waals surface area contributed by atoms with Crippen LogP contribution in [-0.4, -0.2) is 10.9 Å². The van der Waals surface area contributed by atoms with Crippen LogP contribution in [0, 0.1) is 17.0 Å². The monoisotopic (exact) mass is 503 g/mol. The second-order valence-corrected chi connectivity index (χ2v) is 7.88. The number of fused-ring (bicyclic) bond motifs is 1. The number of esters is 1. The lowest BCUT2D eigenvalue weighted by molar-refractivity contribution is -0.385. The number of alkyl halides is 3. The van der Waals surface area contributed by atoms with Crippen molar-refractivity contribution in [2.45, 2.75) is 13.1 Å². The van der Waals surface area contributed by atoms with E-state index in [0.717, 1.165) is 12.1 Å². The van der Waals surface area contributed by atoms with Crippen LogP contribution in [0.4, 0.5) is 18.9 Å². The Morgan fingerprint density at radius 2 is 1.74 bits per heavy atom. The molecular formula is C24H13ClF3NO6. The molecule has 0 aliphatic rings. The minimum absolute atomic E-state index is 0.0104. The lowest BCUT2D eigenvalue weighted by Crippen LogP contribution is -2.16. The number of halogens is 4. The predicted octanol–water partition coefficient (Wildman–Crippen LogP) is 6.57. The van der Waals surface area contributed by atoms with Gasteiger partial charge in [0.25, 0.3) is 5.69 Å². The highest BCUT2D eigenvalue weighted by Crippen LogP contribution is 2.38. The van der Waals surface area contributed by atoms with E-state index in [4.69, 9.17) is 20.8 Å². The zero-order valence-electron chi connectivity index (χ0n) is 17.7. The number of aryl methyl sites for hydroxylation is 1. The summed E-state index contributed by atoms with van der Waals surface area (Å²) in [4.78, 5) is 35.8. The van der Waals surface area contributed by atoms with Crippen LogP contribution in [0.1, 0.15) is 21.7 Å². The maximum Gasteiger partial charge on any atom is 0.450 e. The summed E-state index contributed by atoms with van der Waals surface area (Å²) >= 11 is 5.80. The maximum absolute atomic E-state index is 13.8. The Kier molecular flexibility index (Phi) is 6.08. The van der Waals surface area contributed by atoms with Gasteiger partial charge in [-0.1, -0.05) is 23.7 Å². The Morgan fingerprint density at radius 3 is 2.34 bits per heavy atom. The maximum atomic E-state index is 13.8. The smallest absolute Gasteiger partial charge is 0.450 e. The molecule has 0 aliphatic carbocycles. The number of carbonyl (C=O) groups excluding carboxylic acids is 1. The number of hydrogen-bond acceptors (Lipinski definition) is 6. The van der Waals surface area contributed by atoms with E-state index in [1.54, 1.807) is 0 Å². The standard InChI is InChI=1S/C24H13ClF3NO6/c1-12-10-14(4-9-18(12)29(32)33)23(31)34-16-7-8-17-19(11-16)35-22(24(26,27)28)20(21(17)30)13-2-5-15(25)6-3-13/h2-11H,1H3. The van der Waals surface area contributed by atoms with E-state index in [2.05, 4.69) is 0 Å². The summed E-state index contributed by atoms with van der Waals surface area (Å²) in [5.41, 5.74) is -2.04. The van der Waals surface area contributed by atoms with Crippen LogP contribution in [0.5, 0.6) is 5.75 Å². The molecular weight excluding hydrogens is 491 g/mol. The average Bonchev–Trinajstić information content (AvgIpc) is 2.78. The summed E-state index contributed by atoms with van der Waals surface area (Å²) in [6.07, 6.45) is -4.99. The second-order valence-electron chi connectivity index (χ2n) is 7.45. The van der Waals surface area contributed by atoms with Gasteiger partial charge in [0.1, 0.15) is 11.3 Å². The Balaban J connectivity index is 1.76. The number of nitro benzene ring substituents is 1. The quantitative estimate of drug-likeness (QED) is 0.135. The van der Waals surface area contributed by atoms with Gasteiger partial charge in [0.05, 0.1) is 21.4 Å². The Bertz CT molecular complexity index is 1540. The van der Waals surface area contributed by atoms with Crippen LogP contribution < -0.4 is 10.2 Å². The summed E-state index contributed by atoms with van der Waals surface area (Å²) in [5.74, 6) is -2.60. The number of rotatable bonds is 4. The lowest BCUT2D eigenvalue weighted by atomic mass is 10.0. The highest BCUT2D eigenvalue weighted by molar-refractivity contribution is 6.30. The van der Waals surface area contributed by atoms with Crippen LogP contribution in [-0.2, 0) is 6.18 Å². The summed E-state index contributed by atoms with van der Waals surface area (Å²) in [7, 11) is 0. The van der Waals surface area contributed by atoms with Crippen molar-refractivity contribution in [3.8, 4) is 16.9 Å². The third-order valence-corrected chi connectivity index (χ3v) is 5.35. The molecule has 0 saturated heterocycles. The van der Waals surface area contributed by atoms with Crippen molar-refractivity contribution in [1.29, 1.82) is 0 Å². The van der Waals surface area contributed by atoms with E-state index in [0.29, 0.717) is 0 Å². The van der Waals surface area contributed by atoms with Crippen LogP contribution in [0.2, 0.25) is 5.02 Å². The number of nitro groups is 1. The van der Waals surface area contributed by atoms with E-state index in [-0.39, 0.29) is 38.5 Å². The van der Waals surface area contributed by atoms with E-state index in [1.807, 2.05) is 0 Å². The molecule has 0 amide bonds. The van der Waals surface area contributed by atoms with E-state index >= 15 is 0 Å². The van der Waals surface area contributed by atoms with Crippen LogP contribution in [0.25, 0.3) is 22.1 Å². The van der Waals surface area contributed by atoms with Gasteiger partial charge in [-0.05, 0) is 48.9 Å². The molecule has 0 atom stereocenters. The van der Waals surface area contributed by atoms with E-state index < -0.39 is 39.4 Å². The molecule has 0 N–H and O–H groups in total. The van der Waals surface area contributed by atoms with Crippen LogP contribution in [0.15, 0.2) is 69.9 Å². The number of ether oxygens (including phenoxy) is 1.